The zero-order chi connectivity index (χ0) is 15.7. The molecule has 0 fully saturated rings. The smallest absolute Gasteiger partial charge is 0.143 e. The normalized spacial score (nSPS) is 11.3. The fraction of sp³-hybridized carbons (Fsp3) is 0.375. The number of hydrogen-bond acceptors (Lipinski definition) is 4. The summed E-state index contributed by atoms with van der Waals surface area (Å²) in [6, 6.07) is 10.3. The van der Waals surface area contributed by atoms with E-state index in [0.29, 0.717) is 5.69 Å². The highest BCUT2D eigenvalue weighted by molar-refractivity contribution is 14.1. The molecule has 0 spiro atoms. The first-order chi connectivity index (χ1) is 10.2. The zero-order valence-electron chi connectivity index (χ0n) is 12.7. The van der Waals surface area contributed by atoms with Crippen LogP contribution in [0.3, 0.4) is 0 Å². The third-order valence-corrected chi connectivity index (χ3v) is 3.82. The lowest BCUT2D eigenvalue weighted by Gasteiger charge is -2.11. The van der Waals surface area contributed by atoms with Crippen LogP contribution in [0.4, 0.5) is 5.82 Å². The molecule has 5 heteroatoms. The van der Waals surface area contributed by atoms with E-state index in [1.807, 2.05) is 32.0 Å². The van der Waals surface area contributed by atoms with E-state index in [9.17, 15) is 5.11 Å². The Kier molecular flexibility index (Phi) is 8.22. The van der Waals surface area contributed by atoms with Crippen molar-refractivity contribution >= 4 is 28.4 Å². The summed E-state index contributed by atoms with van der Waals surface area (Å²) in [5.74, 6) is 0.780. The van der Waals surface area contributed by atoms with Gasteiger partial charge in [-0.05, 0) is 41.5 Å². The Balaban J connectivity index is 0.00000106. The van der Waals surface area contributed by atoms with Crippen LogP contribution in [0.5, 0.6) is 0 Å². The van der Waals surface area contributed by atoms with Gasteiger partial charge in [0.05, 0.1) is 15.4 Å². The minimum Gasteiger partial charge on any atom is -0.387 e. The fourth-order valence-corrected chi connectivity index (χ4v) is 2.69. The maximum absolute atomic E-state index is 9.61. The standard InChI is InChI=1S/C14H16IN3O.C2H6/c1-10(19)13-12(15)14(18-9-17-13)16-8-7-11-5-3-2-4-6-11;1-2/h2-6,9-10,19H,7-8H2,1H3,(H,16,17,18);1-2H3. The van der Waals surface area contributed by atoms with Crippen LogP contribution < -0.4 is 5.32 Å². The van der Waals surface area contributed by atoms with E-state index < -0.39 is 6.10 Å². The lowest BCUT2D eigenvalue weighted by atomic mass is 10.1. The van der Waals surface area contributed by atoms with Gasteiger partial charge in [0.15, 0.2) is 0 Å². The molecule has 1 atom stereocenters. The van der Waals surface area contributed by atoms with Crippen LogP contribution in [0.15, 0.2) is 36.7 Å². The zero-order valence-corrected chi connectivity index (χ0v) is 14.8. The summed E-state index contributed by atoms with van der Waals surface area (Å²) < 4.78 is 0.878. The van der Waals surface area contributed by atoms with Crippen molar-refractivity contribution in [2.75, 3.05) is 11.9 Å². The third kappa shape index (κ3) is 5.59. The first-order valence-corrected chi connectivity index (χ1v) is 8.22. The highest BCUT2D eigenvalue weighted by atomic mass is 127. The van der Waals surface area contributed by atoms with Crippen molar-refractivity contribution in [3.63, 3.8) is 0 Å². The van der Waals surface area contributed by atoms with Crippen LogP contribution in [0, 0.1) is 3.57 Å². The molecular formula is C16H22IN3O. The van der Waals surface area contributed by atoms with Gasteiger partial charge >= 0.3 is 0 Å². The molecule has 0 aliphatic heterocycles. The summed E-state index contributed by atoms with van der Waals surface area (Å²) >= 11 is 2.16. The monoisotopic (exact) mass is 399 g/mol. The van der Waals surface area contributed by atoms with E-state index in [2.05, 4.69) is 50.0 Å². The number of aliphatic hydroxyl groups is 1. The van der Waals surface area contributed by atoms with E-state index in [4.69, 9.17) is 0 Å². The first kappa shape index (κ1) is 17.8. The Morgan fingerprint density at radius 1 is 1.19 bits per heavy atom. The Labute approximate surface area is 140 Å². The van der Waals surface area contributed by atoms with Crippen molar-refractivity contribution in [2.24, 2.45) is 0 Å². The minimum atomic E-state index is -0.579. The van der Waals surface area contributed by atoms with Crippen LogP contribution >= 0.6 is 22.6 Å². The second-order valence-corrected chi connectivity index (χ2v) is 5.34. The molecule has 114 valence electrons. The Morgan fingerprint density at radius 3 is 2.48 bits per heavy atom. The van der Waals surface area contributed by atoms with Crippen molar-refractivity contribution in [3.8, 4) is 0 Å². The first-order valence-electron chi connectivity index (χ1n) is 7.14. The fourth-order valence-electron chi connectivity index (χ4n) is 1.77. The van der Waals surface area contributed by atoms with Crippen LogP contribution in [-0.4, -0.2) is 21.6 Å². The van der Waals surface area contributed by atoms with Crippen molar-refractivity contribution in [1.29, 1.82) is 0 Å². The molecular weight excluding hydrogens is 377 g/mol. The van der Waals surface area contributed by atoms with Gasteiger partial charge in [0.1, 0.15) is 12.1 Å². The lowest BCUT2D eigenvalue weighted by Crippen LogP contribution is -2.10. The van der Waals surface area contributed by atoms with Gasteiger partial charge in [0, 0.05) is 6.54 Å². The Morgan fingerprint density at radius 2 is 1.86 bits per heavy atom. The number of nitrogens with zero attached hydrogens (tertiary/aromatic N) is 2. The maximum atomic E-state index is 9.61. The van der Waals surface area contributed by atoms with E-state index in [1.54, 1.807) is 6.92 Å². The van der Waals surface area contributed by atoms with Crippen LogP contribution in [0.1, 0.15) is 38.1 Å². The quantitative estimate of drug-likeness (QED) is 0.751. The molecule has 1 aromatic heterocycles. The molecule has 0 amide bonds. The highest BCUT2D eigenvalue weighted by Gasteiger charge is 2.12. The van der Waals surface area contributed by atoms with Gasteiger partial charge in [-0.2, -0.15) is 0 Å². The van der Waals surface area contributed by atoms with Crippen molar-refractivity contribution in [1.82, 2.24) is 9.97 Å². The molecule has 0 aliphatic carbocycles. The number of anilines is 1. The van der Waals surface area contributed by atoms with Gasteiger partial charge in [-0.25, -0.2) is 9.97 Å². The molecule has 0 bridgehead atoms. The van der Waals surface area contributed by atoms with Gasteiger partial charge in [-0.1, -0.05) is 44.2 Å². The lowest BCUT2D eigenvalue weighted by molar-refractivity contribution is 0.193. The number of aliphatic hydroxyl groups excluding tert-OH is 1. The second kappa shape index (κ2) is 9.68. The number of hydrogen-bond donors (Lipinski definition) is 2. The summed E-state index contributed by atoms with van der Waals surface area (Å²) in [5.41, 5.74) is 1.95. The summed E-state index contributed by atoms with van der Waals surface area (Å²) in [6.07, 6.45) is 1.84. The maximum Gasteiger partial charge on any atom is 0.143 e. The third-order valence-electron chi connectivity index (χ3n) is 2.76. The van der Waals surface area contributed by atoms with E-state index in [1.165, 1.54) is 11.9 Å². The van der Waals surface area contributed by atoms with Crippen molar-refractivity contribution in [3.05, 3.63) is 51.5 Å². The Hall–Kier alpha value is -1.21. The predicted octanol–water partition coefficient (Wildman–Crippen LogP) is 3.82. The minimum absolute atomic E-state index is 0.579. The summed E-state index contributed by atoms with van der Waals surface area (Å²) in [7, 11) is 0. The highest BCUT2D eigenvalue weighted by Crippen LogP contribution is 2.22. The van der Waals surface area contributed by atoms with Crippen LogP contribution in [0.25, 0.3) is 0 Å². The predicted molar refractivity (Wildman–Crippen MR) is 95.4 cm³/mol. The van der Waals surface area contributed by atoms with E-state index >= 15 is 0 Å². The van der Waals surface area contributed by atoms with Gasteiger partial charge in [-0.3, -0.25) is 0 Å². The summed E-state index contributed by atoms with van der Waals surface area (Å²) in [6.45, 7) is 6.51. The average molecular weight is 399 g/mol. The molecule has 1 heterocycles. The van der Waals surface area contributed by atoms with Gasteiger partial charge in [0.2, 0.25) is 0 Å². The molecule has 0 saturated heterocycles. The van der Waals surface area contributed by atoms with E-state index in [-0.39, 0.29) is 0 Å². The van der Waals surface area contributed by atoms with Gasteiger partial charge in [0.25, 0.3) is 0 Å². The second-order valence-electron chi connectivity index (χ2n) is 4.26. The molecule has 0 aliphatic rings. The molecule has 4 nitrogen and oxygen atoms in total. The summed E-state index contributed by atoms with van der Waals surface area (Å²) in [5, 5.41) is 12.9. The number of nitrogens with one attached hydrogen (secondary N) is 1. The van der Waals surface area contributed by atoms with Gasteiger partial charge in [-0.15, -0.1) is 0 Å². The van der Waals surface area contributed by atoms with Crippen molar-refractivity contribution in [2.45, 2.75) is 33.3 Å². The average Bonchev–Trinajstić information content (AvgIpc) is 2.52. The molecule has 0 radical (unpaired) electrons. The molecule has 2 N–H and O–H groups in total. The molecule has 2 rings (SSSR count). The molecule has 21 heavy (non-hydrogen) atoms. The Bertz CT molecular complexity index is 532. The molecule has 0 saturated carbocycles. The SMILES string of the molecule is CC.CC(O)c1ncnc(NCCc2ccccc2)c1I. The molecule has 1 aromatic carbocycles. The van der Waals surface area contributed by atoms with Gasteiger partial charge < -0.3 is 10.4 Å². The number of rotatable bonds is 5. The van der Waals surface area contributed by atoms with Crippen molar-refractivity contribution < 1.29 is 5.11 Å². The number of halogens is 1. The number of aromatic nitrogens is 2. The van der Waals surface area contributed by atoms with Crippen LogP contribution in [-0.2, 0) is 6.42 Å². The van der Waals surface area contributed by atoms with Crippen LogP contribution in [0.2, 0.25) is 0 Å². The van der Waals surface area contributed by atoms with E-state index in [0.717, 1.165) is 22.4 Å². The molecule has 2 aromatic rings. The largest absolute Gasteiger partial charge is 0.387 e. The topological polar surface area (TPSA) is 58.0 Å². The summed E-state index contributed by atoms with van der Waals surface area (Å²) in [4.78, 5) is 8.31. The molecule has 1 unspecified atom stereocenters. The number of benzene rings is 1.